The van der Waals surface area contributed by atoms with E-state index in [1.807, 2.05) is 25.1 Å². The number of anilines is 2. The molecule has 2 aliphatic heterocycles. The number of hydrogen-bond acceptors (Lipinski definition) is 5. The third-order valence-electron chi connectivity index (χ3n) is 4.97. The van der Waals surface area contributed by atoms with Crippen LogP contribution >= 0.6 is 0 Å². The molecule has 9 heteroatoms. The van der Waals surface area contributed by atoms with Gasteiger partial charge in [0.05, 0.1) is 34.2 Å². The summed E-state index contributed by atoms with van der Waals surface area (Å²) in [5.74, 6) is -0.281. The highest BCUT2D eigenvalue weighted by Crippen LogP contribution is 2.38. The predicted molar refractivity (Wildman–Crippen MR) is 101 cm³/mol. The molecule has 2 atom stereocenters. The number of non-ortho nitro benzene ring substituents is 1. The van der Waals surface area contributed by atoms with Crippen LogP contribution in [0.2, 0.25) is 0 Å². The molecule has 140 valence electrons. The molecule has 4 rings (SSSR count). The number of fused-ring (bicyclic) bond motifs is 1. The second-order valence-electron chi connectivity index (χ2n) is 6.85. The summed E-state index contributed by atoms with van der Waals surface area (Å²) < 4.78 is 24.5. The van der Waals surface area contributed by atoms with E-state index in [1.165, 1.54) is 28.0 Å². The van der Waals surface area contributed by atoms with E-state index in [-0.39, 0.29) is 23.2 Å². The lowest BCUT2D eigenvalue weighted by atomic mass is 10.1. The van der Waals surface area contributed by atoms with Crippen molar-refractivity contribution < 1.29 is 18.1 Å². The molecular weight excluding hydrogens is 370 g/mol. The van der Waals surface area contributed by atoms with Crippen LogP contribution in [0.5, 0.6) is 0 Å². The molecule has 0 aromatic heterocycles. The summed E-state index contributed by atoms with van der Waals surface area (Å²) in [7, 11) is -3.32. The molecule has 0 bridgehead atoms. The lowest BCUT2D eigenvalue weighted by molar-refractivity contribution is -0.384. The van der Waals surface area contributed by atoms with E-state index < -0.39 is 26.8 Å². The normalized spacial score (nSPS) is 23.5. The number of nitro groups is 1. The van der Waals surface area contributed by atoms with Gasteiger partial charge in [0.2, 0.25) is 0 Å². The van der Waals surface area contributed by atoms with Gasteiger partial charge in [-0.05, 0) is 30.7 Å². The Morgan fingerprint density at radius 3 is 2.11 bits per heavy atom. The third kappa shape index (κ3) is 2.93. The van der Waals surface area contributed by atoms with Crippen LogP contribution in [0, 0.1) is 17.0 Å². The monoisotopic (exact) mass is 387 g/mol. The van der Waals surface area contributed by atoms with E-state index in [4.69, 9.17) is 0 Å². The van der Waals surface area contributed by atoms with Crippen molar-refractivity contribution in [2.45, 2.75) is 19.0 Å². The van der Waals surface area contributed by atoms with Gasteiger partial charge >= 0.3 is 6.03 Å². The molecule has 0 radical (unpaired) electrons. The lowest BCUT2D eigenvalue weighted by Crippen LogP contribution is -2.37. The molecule has 2 aliphatic rings. The number of carbonyl (C=O) groups is 1. The Kier molecular flexibility index (Phi) is 3.92. The number of benzene rings is 2. The number of hydrogen-bond donors (Lipinski definition) is 0. The van der Waals surface area contributed by atoms with Gasteiger partial charge in [-0.15, -0.1) is 0 Å². The Morgan fingerprint density at radius 2 is 1.56 bits per heavy atom. The number of carbonyl (C=O) groups excluding carboxylic acids is 1. The van der Waals surface area contributed by atoms with Gasteiger partial charge in [-0.25, -0.2) is 13.2 Å². The number of aryl methyl sites for hydroxylation is 1. The van der Waals surface area contributed by atoms with Gasteiger partial charge in [-0.3, -0.25) is 19.9 Å². The second-order valence-corrected chi connectivity index (χ2v) is 9.00. The van der Waals surface area contributed by atoms with Crippen LogP contribution in [0.3, 0.4) is 0 Å². The van der Waals surface area contributed by atoms with Crippen molar-refractivity contribution in [1.82, 2.24) is 0 Å². The van der Waals surface area contributed by atoms with E-state index >= 15 is 0 Å². The fourth-order valence-electron chi connectivity index (χ4n) is 3.84. The zero-order valence-corrected chi connectivity index (χ0v) is 15.3. The van der Waals surface area contributed by atoms with Crippen LogP contribution in [0.4, 0.5) is 21.9 Å². The van der Waals surface area contributed by atoms with Crippen molar-refractivity contribution in [2.24, 2.45) is 0 Å². The minimum atomic E-state index is -3.32. The van der Waals surface area contributed by atoms with Crippen LogP contribution in [-0.2, 0) is 9.84 Å². The number of amides is 2. The SMILES string of the molecule is Cc1cccc(N2C(=O)N(c3cccc([N+](=O)[O-])c3)[C@@H]3CS(=O)(=O)C[C@@H]32)c1. The number of nitro benzene ring substituents is 1. The fraction of sp³-hybridized carbons (Fsp3) is 0.278. The molecule has 0 N–H and O–H groups in total. The van der Waals surface area contributed by atoms with E-state index in [9.17, 15) is 23.3 Å². The van der Waals surface area contributed by atoms with E-state index in [0.29, 0.717) is 11.4 Å². The minimum absolute atomic E-state index is 0.122. The van der Waals surface area contributed by atoms with Gasteiger partial charge in [0.25, 0.3) is 5.69 Å². The molecule has 2 amide bonds. The van der Waals surface area contributed by atoms with Crippen LogP contribution in [0.25, 0.3) is 0 Å². The predicted octanol–water partition coefficient (Wildman–Crippen LogP) is 2.52. The Hall–Kier alpha value is -2.94. The average molecular weight is 387 g/mol. The molecule has 2 fully saturated rings. The Labute approximate surface area is 156 Å². The maximum atomic E-state index is 13.2. The summed E-state index contributed by atoms with van der Waals surface area (Å²) >= 11 is 0. The van der Waals surface area contributed by atoms with Crippen molar-refractivity contribution in [1.29, 1.82) is 0 Å². The van der Waals surface area contributed by atoms with E-state index in [1.54, 1.807) is 12.1 Å². The van der Waals surface area contributed by atoms with Crippen LogP contribution < -0.4 is 9.80 Å². The quantitative estimate of drug-likeness (QED) is 0.458. The van der Waals surface area contributed by atoms with Gasteiger partial charge in [0, 0.05) is 17.8 Å². The maximum Gasteiger partial charge on any atom is 0.329 e. The van der Waals surface area contributed by atoms with E-state index in [0.717, 1.165) is 5.56 Å². The van der Waals surface area contributed by atoms with Crippen molar-refractivity contribution >= 4 is 32.9 Å². The average Bonchev–Trinajstić information content (AvgIpc) is 3.03. The molecule has 2 aromatic rings. The molecular formula is C18H17N3O5S. The first-order chi connectivity index (χ1) is 12.8. The van der Waals surface area contributed by atoms with Gasteiger partial charge < -0.3 is 0 Å². The van der Waals surface area contributed by atoms with Crippen LogP contribution in [0.15, 0.2) is 48.5 Å². The number of rotatable bonds is 3. The number of sulfone groups is 1. The minimum Gasteiger partial charge on any atom is -0.288 e. The molecule has 2 heterocycles. The second kappa shape index (κ2) is 6.05. The summed E-state index contributed by atoms with van der Waals surface area (Å²) in [5.41, 5.74) is 1.76. The molecule has 8 nitrogen and oxygen atoms in total. The zero-order chi connectivity index (χ0) is 19.3. The highest BCUT2D eigenvalue weighted by molar-refractivity contribution is 7.91. The fourth-order valence-corrected chi connectivity index (χ4v) is 5.76. The lowest BCUT2D eigenvalue weighted by Gasteiger charge is -2.22. The first kappa shape index (κ1) is 17.5. The largest absolute Gasteiger partial charge is 0.329 e. The summed E-state index contributed by atoms with van der Waals surface area (Å²) in [4.78, 5) is 26.7. The van der Waals surface area contributed by atoms with Gasteiger partial charge in [-0.2, -0.15) is 0 Å². The Morgan fingerprint density at radius 1 is 1.00 bits per heavy atom. The molecule has 0 spiro atoms. The standard InChI is InChI=1S/C18H17N3O5S/c1-12-4-2-5-13(8-12)19-16-10-27(25,26)11-17(16)20(18(19)22)14-6-3-7-15(9-14)21(23)24/h2-9,16-17H,10-11H2,1H3/t16-,17+/m0/s1. The van der Waals surface area contributed by atoms with Crippen LogP contribution in [0.1, 0.15) is 5.56 Å². The number of urea groups is 1. The molecule has 2 aromatic carbocycles. The maximum absolute atomic E-state index is 13.2. The van der Waals surface area contributed by atoms with E-state index in [2.05, 4.69) is 0 Å². The Balaban J connectivity index is 1.82. The molecule has 0 unspecified atom stereocenters. The Bertz CT molecular complexity index is 1050. The van der Waals surface area contributed by atoms with Crippen molar-refractivity contribution in [3.8, 4) is 0 Å². The highest BCUT2D eigenvalue weighted by atomic mass is 32.2. The van der Waals surface area contributed by atoms with Crippen molar-refractivity contribution in [3.05, 3.63) is 64.2 Å². The highest BCUT2D eigenvalue weighted by Gasteiger charge is 2.54. The molecule has 0 aliphatic carbocycles. The summed E-state index contributed by atoms with van der Waals surface area (Å²) in [6, 6.07) is 11.6. The summed E-state index contributed by atoms with van der Waals surface area (Å²) in [6.45, 7) is 1.89. The van der Waals surface area contributed by atoms with Gasteiger partial charge in [0.1, 0.15) is 0 Å². The first-order valence-corrected chi connectivity index (χ1v) is 10.2. The van der Waals surface area contributed by atoms with Crippen molar-refractivity contribution in [3.63, 3.8) is 0 Å². The van der Waals surface area contributed by atoms with Crippen molar-refractivity contribution in [2.75, 3.05) is 21.3 Å². The molecule has 27 heavy (non-hydrogen) atoms. The topological polar surface area (TPSA) is 101 Å². The molecule has 2 saturated heterocycles. The first-order valence-electron chi connectivity index (χ1n) is 8.41. The third-order valence-corrected chi connectivity index (χ3v) is 6.67. The van der Waals surface area contributed by atoms with Gasteiger partial charge in [0.15, 0.2) is 9.84 Å². The zero-order valence-electron chi connectivity index (χ0n) is 14.5. The van der Waals surface area contributed by atoms with Crippen LogP contribution in [-0.4, -0.2) is 43.0 Å². The smallest absolute Gasteiger partial charge is 0.288 e. The molecule has 0 saturated carbocycles. The number of nitrogens with zero attached hydrogens (tertiary/aromatic N) is 3. The summed E-state index contributed by atoms with van der Waals surface area (Å²) in [6.07, 6.45) is 0. The summed E-state index contributed by atoms with van der Waals surface area (Å²) in [5, 5.41) is 11.1. The van der Waals surface area contributed by atoms with Gasteiger partial charge in [-0.1, -0.05) is 18.2 Å².